The molecule has 2 heterocycles. The molecule has 0 amide bonds. The van der Waals surface area contributed by atoms with Crippen LogP contribution in [0.1, 0.15) is 36.1 Å². The molecule has 0 bridgehead atoms. The van der Waals surface area contributed by atoms with Gasteiger partial charge in [0.05, 0.1) is 0 Å². The fourth-order valence-corrected chi connectivity index (χ4v) is 5.07. The minimum absolute atomic E-state index is 0.580. The number of halogens is 1. The van der Waals surface area contributed by atoms with Gasteiger partial charge in [-0.1, -0.05) is 54.1 Å². The molecule has 0 saturated heterocycles. The lowest BCUT2D eigenvalue weighted by Gasteiger charge is -2.30. The van der Waals surface area contributed by atoms with E-state index in [0.717, 1.165) is 30.3 Å². The lowest BCUT2D eigenvalue weighted by molar-refractivity contribution is 0.356. The molecule has 2 atom stereocenters. The fraction of sp³-hybridized carbons (Fsp3) is 0.333. The van der Waals surface area contributed by atoms with Gasteiger partial charge in [-0.05, 0) is 66.9 Å². The summed E-state index contributed by atoms with van der Waals surface area (Å²) in [6.07, 6.45) is 8.35. The molecule has 0 saturated carbocycles. The number of rotatable bonds is 3. The number of aryl methyl sites for hydroxylation is 1. The van der Waals surface area contributed by atoms with Gasteiger partial charge < -0.3 is 10.3 Å². The van der Waals surface area contributed by atoms with Crippen molar-refractivity contribution in [1.82, 2.24) is 10.3 Å². The highest BCUT2D eigenvalue weighted by atomic mass is 35.5. The second-order valence-corrected chi connectivity index (χ2v) is 8.46. The number of fused-ring (bicyclic) bond motifs is 3. The Morgan fingerprint density at radius 1 is 1.04 bits per heavy atom. The van der Waals surface area contributed by atoms with E-state index >= 15 is 0 Å². The van der Waals surface area contributed by atoms with Gasteiger partial charge in [-0.25, -0.2) is 0 Å². The molecule has 2 unspecified atom stereocenters. The van der Waals surface area contributed by atoms with Crippen LogP contribution in [-0.4, -0.2) is 17.6 Å². The molecule has 1 aliphatic carbocycles. The van der Waals surface area contributed by atoms with E-state index in [1.165, 1.54) is 52.6 Å². The number of H-pyrrole nitrogens is 1. The molecule has 2 N–H and O–H groups in total. The molecule has 2 aliphatic rings. The topological polar surface area (TPSA) is 27.8 Å². The second kappa shape index (κ2) is 7.18. The minimum atomic E-state index is 0.580. The molecule has 5 rings (SSSR count). The SMILES string of the molecule is Clc1ccc2c3c([nH]c2c1)CCC(CC1CC(c2ccccc2)=CCN1)C3. The van der Waals surface area contributed by atoms with Gasteiger partial charge in [0.25, 0.3) is 0 Å². The Kier molecular flexibility index (Phi) is 4.55. The van der Waals surface area contributed by atoms with E-state index in [4.69, 9.17) is 11.6 Å². The van der Waals surface area contributed by atoms with Crippen molar-refractivity contribution in [3.8, 4) is 0 Å². The average molecular weight is 377 g/mol. The first-order valence-corrected chi connectivity index (χ1v) is 10.4. The largest absolute Gasteiger partial charge is 0.358 e. The highest BCUT2D eigenvalue weighted by Crippen LogP contribution is 2.35. The summed E-state index contributed by atoms with van der Waals surface area (Å²) in [5.74, 6) is 0.750. The lowest BCUT2D eigenvalue weighted by Crippen LogP contribution is -2.35. The molecule has 0 radical (unpaired) electrons. The maximum absolute atomic E-state index is 6.17. The number of aromatic amines is 1. The summed E-state index contributed by atoms with van der Waals surface area (Å²) in [5.41, 5.74) is 7.01. The quantitative estimate of drug-likeness (QED) is 0.597. The monoisotopic (exact) mass is 376 g/mol. The fourth-order valence-electron chi connectivity index (χ4n) is 4.90. The zero-order chi connectivity index (χ0) is 18.2. The summed E-state index contributed by atoms with van der Waals surface area (Å²) in [5, 5.41) is 5.90. The third-order valence-electron chi connectivity index (χ3n) is 6.24. The van der Waals surface area contributed by atoms with Crippen molar-refractivity contribution in [2.75, 3.05) is 6.54 Å². The molecule has 2 aromatic carbocycles. The van der Waals surface area contributed by atoms with Crippen molar-refractivity contribution in [2.45, 2.75) is 38.1 Å². The van der Waals surface area contributed by atoms with Crippen LogP contribution in [0.2, 0.25) is 5.02 Å². The summed E-state index contributed by atoms with van der Waals surface area (Å²) in [4.78, 5) is 3.60. The molecule has 3 heteroatoms. The van der Waals surface area contributed by atoms with Gasteiger partial charge in [-0.3, -0.25) is 0 Å². The smallest absolute Gasteiger partial charge is 0.0473 e. The molecule has 1 aromatic heterocycles. The molecule has 0 spiro atoms. The number of benzene rings is 2. The van der Waals surface area contributed by atoms with Crippen molar-refractivity contribution in [3.05, 3.63) is 76.5 Å². The van der Waals surface area contributed by atoms with Gasteiger partial charge in [-0.2, -0.15) is 0 Å². The molecule has 3 aromatic rings. The van der Waals surface area contributed by atoms with Crippen molar-refractivity contribution in [2.24, 2.45) is 5.92 Å². The zero-order valence-electron chi connectivity index (χ0n) is 15.5. The van der Waals surface area contributed by atoms with Gasteiger partial charge >= 0.3 is 0 Å². The predicted molar refractivity (Wildman–Crippen MR) is 114 cm³/mol. The molecule has 2 nitrogen and oxygen atoms in total. The van der Waals surface area contributed by atoms with Gasteiger partial charge in [0.1, 0.15) is 0 Å². The summed E-state index contributed by atoms with van der Waals surface area (Å²) >= 11 is 6.17. The Balaban J connectivity index is 1.30. The predicted octanol–water partition coefficient (Wildman–Crippen LogP) is 5.76. The van der Waals surface area contributed by atoms with Crippen molar-refractivity contribution < 1.29 is 0 Å². The van der Waals surface area contributed by atoms with E-state index in [9.17, 15) is 0 Å². The van der Waals surface area contributed by atoms with Crippen LogP contribution < -0.4 is 5.32 Å². The third-order valence-corrected chi connectivity index (χ3v) is 6.47. The maximum atomic E-state index is 6.17. The van der Waals surface area contributed by atoms with Crippen LogP contribution in [0.4, 0.5) is 0 Å². The highest BCUT2D eigenvalue weighted by Gasteiger charge is 2.26. The Morgan fingerprint density at radius 3 is 2.81 bits per heavy atom. The molecule has 1 aliphatic heterocycles. The first-order valence-electron chi connectivity index (χ1n) is 10.0. The van der Waals surface area contributed by atoms with Crippen LogP contribution in [0.3, 0.4) is 0 Å². The van der Waals surface area contributed by atoms with Crippen molar-refractivity contribution in [3.63, 3.8) is 0 Å². The minimum Gasteiger partial charge on any atom is -0.358 e. The molecular formula is C24H25ClN2. The van der Waals surface area contributed by atoms with E-state index < -0.39 is 0 Å². The van der Waals surface area contributed by atoms with E-state index in [-0.39, 0.29) is 0 Å². The normalized spacial score (nSPS) is 22.5. The molecule has 0 fully saturated rings. The summed E-state index contributed by atoms with van der Waals surface area (Å²) < 4.78 is 0. The highest BCUT2D eigenvalue weighted by molar-refractivity contribution is 6.31. The summed E-state index contributed by atoms with van der Waals surface area (Å²) in [6.45, 7) is 0.985. The molecular weight excluding hydrogens is 352 g/mol. The van der Waals surface area contributed by atoms with Gasteiger partial charge in [0.2, 0.25) is 0 Å². The van der Waals surface area contributed by atoms with Gasteiger partial charge in [0.15, 0.2) is 0 Å². The van der Waals surface area contributed by atoms with Gasteiger partial charge in [-0.15, -0.1) is 0 Å². The molecule has 27 heavy (non-hydrogen) atoms. The van der Waals surface area contributed by atoms with Crippen molar-refractivity contribution >= 4 is 28.1 Å². The Labute approximate surface area is 165 Å². The molecule has 138 valence electrons. The Morgan fingerprint density at radius 2 is 1.93 bits per heavy atom. The Hall–Kier alpha value is -2.03. The van der Waals surface area contributed by atoms with Crippen LogP contribution in [0.15, 0.2) is 54.6 Å². The average Bonchev–Trinajstić information content (AvgIpc) is 3.06. The van der Waals surface area contributed by atoms with E-state index in [1.54, 1.807) is 0 Å². The third kappa shape index (κ3) is 3.44. The van der Waals surface area contributed by atoms with Crippen molar-refractivity contribution in [1.29, 1.82) is 0 Å². The van der Waals surface area contributed by atoms with Crippen LogP contribution in [0.5, 0.6) is 0 Å². The Bertz CT molecular complexity index is 986. The van der Waals surface area contributed by atoms with Gasteiger partial charge in [0, 0.05) is 34.2 Å². The summed E-state index contributed by atoms with van der Waals surface area (Å²) in [6, 6.07) is 17.7. The van der Waals surface area contributed by atoms with Crippen LogP contribution >= 0.6 is 11.6 Å². The van der Waals surface area contributed by atoms with Crippen LogP contribution in [0, 0.1) is 5.92 Å². The first kappa shape index (κ1) is 17.1. The zero-order valence-corrected chi connectivity index (χ0v) is 16.2. The summed E-state index contributed by atoms with van der Waals surface area (Å²) in [7, 11) is 0. The van der Waals surface area contributed by atoms with Crippen LogP contribution in [0.25, 0.3) is 16.5 Å². The standard InChI is InChI=1S/C24H25ClN2/c25-19-7-8-21-22-13-16(6-9-23(22)27-24(21)15-19)12-20-14-18(10-11-26-20)17-4-2-1-3-5-17/h1-5,7-8,10,15-16,20,26-27H,6,9,11-14H2. The lowest BCUT2D eigenvalue weighted by atomic mass is 9.80. The number of aromatic nitrogens is 1. The van der Waals surface area contributed by atoms with Crippen LogP contribution in [-0.2, 0) is 12.8 Å². The maximum Gasteiger partial charge on any atom is 0.0473 e. The first-order chi connectivity index (χ1) is 13.3. The van der Waals surface area contributed by atoms with E-state index in [0.29, 0.717) is 6.04 Å². The number of nitrogens with one attached hydrogen (secondary N) is 2. The van der Waals surface area contributed by atoms with E-state index in [2.05, 4.69) is 58.8 Å². The second-order valence-electron chi connectivity index (χ2n) is 8.02. The van der Waals surface area contributed by atoms with E-state index in [1.807, 2.05) is 6.07 Å². The number of hydrogen-bond donors (Lipinski definition) is 2. The number of hydrogen-bond acceptors (Lipinski definition) is 1.